The molecule has 0 bridgehead atoms. The summed E-state index contributed by atoms with van der Waals surface area (Å²) >= 11 is 0. The summed E-state index contributed by atoms with van der Waals surface area (Å²) in [4.78, 5) is 8.04. The Bertz CT molecular complexity index is 246. The number of hydrogen-bond donors (Lipinski definition) is 0. The molecule has 0 aromatic rings. The van der Waals surface area contributed by atoms with Gasteiger partial charge in [0, 0.05) is 45.8 Å². The van der Waals surface area contributed by atoms with Gasteiger partial charge in [-0.2, -0.15) is 0 Å². The van der Waals surface area contributed by atoms with Crippen molar-refractivity contribution < 1.29 is 0 Å². The molecule has 0 unspecified atom stereocenters. The topological polar surface area (TPSA) is 9.72 Å². The number of likely N-dealkylation sites (tertiary alicyclic amines) is 1. The fraction of sp³-hybridized carbons (Fsp3) is 1.00. The molecule has 2 heterocycles. The largest absolute Gasteiger partial charge is 0.303 e. The van der Waals surface area contributed by atoms with E-state index in [1.54, 1.807) is 0 Å². The fourth-order valence-corrected chi connectivity index (χ4v) is 3.90. The summed E-state index contributed by atoms with van der Waals surface area (Å²) in [5.41, 5.74) is 0. The third kappa shape index (κ3) is 6.25. The lowest BCUT2D eigenvalue weighted by Crippen LogP contribution is -2.49. The minimum atomic E-state index is 0.807. The molecule has 0 aliphatic carbocycles. The van der Waals surface area contributed by atoms with E-state index in [-0.39, 0.29) is 0 Å². The van der Waals surface area contributed by atoms with Crippen LogP contribution in [0, 0.1) is 17.8 Å². The van der Waals surface area contributed by atoms with Crippen molar-refractivity contribution in [1.82, 2.24) is 14.7 Å². The Kier molecular flexibility index (Phi) is 6.97. The van der Waals surface area contributed by atoms with Crippen molar-refractivity contribution in [3.63, 3.8) is 0 Å². The molecule has 2 fully saturated rings. The first-order chi connectivity index (χ1) is 10.0. The van der Waals surface area contributed by atoms with Crippen LogP contribution >= 0.6 is 0 Å². The third-order valence-corrected chi connectivity index (χ3v) is 4.94. The summed E-state index contributed by atoms with van der Waals surface area (Å²) in [5, 5.41) is 0. The molecule has 0 aromatic carbocycles. The highest BCUT2D eigenvalue weighted by molar-refractivity contribution is 4.79. The van der Waals surface area contributed by atoms with Gasteiger partial charge in [0.05, 0.1) is 0 Å². The lowest BCUT2D eigenvalue weighted by molar-refractivity contribution is 0.0874. The van der Waals surface area contributed by atoms with E-state index in [2.05, 4.69) is 42.4 Å². The van der Waals surface area contributed by atoms with Gasteiger partial charge in [-0.15, -0.1) is 0 Å². The summed E-state index contributed by atoms with van der Waals surface area (Å²) in [6.07, 6.45) is 2.83. The van der Waals surface area contributed by atoms with Crippen LogP contribution < -0.4 is 0 Å². The molecule has 0 spiro atoms. The first kappa shape index (κ1) is 17.2. The summed E-state index contributed by atoms with van der Waals surface area (Å²) in [7, 11) is 0. The number of piperidine rings is 1. The molecule has 0 radical (unpaired) electrons. The van der Waals surface area contributed by atoms with Crippen molar-refractivity contribution in [2.45, 2.75) is 40.5 Å². The van der Waals surface area contributed by atoms with Gasteiger partial charge in [0.2, 0.25) is 0 Å². The van der Waals surface area contributed by atoms with Gasteiger partial charge in [0.15, 0.2) is 0 Å². The summed E-state index contributed by atoms with van der Waals surface area (Å²) < 4.78 is 0. The molecule has 124 valence electrons. The molecule has 0 aromatic heterocycles. The van der Waals surface area contributed by atoms with Crippen LogP contribution in [-0.2, 0) is 0 Å². The highest BCUT2D eigenvalue weighted by Crippen LogP contribution is 2.20. The number of nitrogens with zero attached hydrogens (tertiary/aromatic N) is 3. The highest BCUT2D eigenvalue weighted by atomic mass is 15.3. The fourth-order valence-electron chi connectivity index (χ4n) is 3.90. The van der Waals surface area contributed by atoms with Crippen molar-refractivity contribution in [3.05, 3.63) is 0 Å². The zero-order valence-corrected chi connectivity index (χ0v) is 14.9. The molecule has 2 aliphatic heterocycles. The van der Waals surface area contributed by atoms with Crippen LogP contribution in [0.25, 0.3) is 0 Å². The molecule has 2 aliphatic rings. The van der Waals surface area contributed by atoms with Crippen LogP contribution in [0.5, 0.6) is 0 Å². The minimum Gasteiger partial charge on any atom is -0.303 e. The van der Waals surface area contributed by atoms with Gasteiger partial charge in [-0.3, -0.25) is 0 Å². The van der Waals surface area contributed by atoms with E-state index < -0.39 is 0 Å². The number of rotatable bonds is 6. The normalized spacial score (nSPS) is 24.3. The van der Waals surface area contributed by atoms with Gasteiger partial charge >= 0.3 is 0 Å². The highest BCUT2D eigenvalue weighted by Gasteiger charge is 2.24. The van der Waals surface area contributed by atoms with Crippen LogP contribution in [0.3, 0.4) is 0 Å². The zero-order chi connectivity index (χ0) is 15.2. The Morgan fingerprint density at radius 3 is 1.57 bits per heavy atom. The molecule has 3 heteroatoms. The average Bonchev–Trinajstić information content (AvgIpc) is 2.42. The molecular formula is C18H37N3. The Hall–Kier alpha value is -0.120. The first-order valence-corrected chi connectivity index (χ1v) is 9.20. The standard InChI is InChI=1S/C18H37N3/c1-16(2)13-19-7-5-18(6-8-19)15-21-11-9-20(10-12-21)14-17(3)4/h16-18H,5-15H2,1-4H3. The lowest BCUT2D eigenvalue weighted by atomic mass is 9.95. The van der Waals surface area contributed by atoms with Crippen LogP contribution in [-0.4, -0.2) is 73.6 Å². The van der Waals surface area contributed by atoms with Gasteiger partial charge in [-0.05, 0) is 43.7 Å². The number of piperazine rings is 1. The SMILES string of the molecule is CC(C)CN1CCC(CN2CCN(CC(C)C)CC2)CC1. The average molecular weight is 296 g/mol. The van der Waals surface area contributed by atoms with E-state index >= 15 is 0 Å². The molecule has 3 nitrogen and oxygen atoms in total. The van der Waals surface area contributed by atoms with Crippen molar-refractivity contribution in [2.75, 3.05) is 58.9 Å². The van der Waals surface area contributed by atoms with E-state index in [1.165, 1.54) is 71.7 Å². The van der Waals surface area contributed by atoms with Gasteiger partial charge in [0.25, 0.3) is 0 Å². The maximum atomic E-state index is 2.72. The Morgan fingerprint density at radius 1 is 0.667 bits per heavy atom. The van der Waals surface area contributed by atoms with E-state index in [1.807, 2.05) is 0 Å². The Labute approximate surface area is 132 Å². The molecule has 0 atom stereocenters. The van der Waals surface area contributed by atoms with E-state index in [4.69, 9.17) is 0 Å². The van der Waals surface area contributed by atoms with E-state index in [0.29, 0.717) is 0 Å². The predicted octanol–water partition coefficient (Wildman–Crippen LogP) is 2.63. The third-order valence-electron chi connectivity index (χ3n) is 4.94. The van der Waals surface area contributed by atoms with Crippen molar-refractivity contribution >= 4 is 0 Å². The van der Waals surface area contributed by atoms with E-state index in [9.17, 15) is 0 Å². The van der Waals surface area contributed by atoms with E-state index in [0.717, 1.165) is 17.8 Å². The van der Waals surface area contributed by atoms with Gasteiger partial charge in [0.1, 0.15) is 0 Å². The number of hydrogen-bond acceptors (Lipinski definition) is 3. The summed E-state index contributed by atoms with van der Waals surface area (Å²) in [6.45, 7) is 21.1. The Balaban J connectivity index is 1.61. The van der Waals surface area contributed by atoms with Gasteiger partial charge in [-0.25, -0.2) is 0 Å². The monoisotopic (exact) mass is 295 g/mol. The molecule has 0 saturated carbocycles. The van der Waals surface area contributed by atoms with Crippen LogP contribution in [0.15, 0.2) is 0 Å². The first-order valence-electron chi connectivity index (χ1n) is 9.20. The molecule has 2 saturated heterocycles. The molecular weight excluding hydrogens is 258 g/mol. The van der Waals surface area contributed by atoms with Crippen LogP contribution in [0.4, 0.5) is 0 Å². The maximum Gasteiger partial charge on any atom is 0.0110 e. The second-order valence-electron chi connectivity index (χ2n) is 8.13. The predicted molar refractivity (Wildman–Crippen MR) is 91.7 cm³/mol. The van der Waals surface area contributed by atoms with Gasteiger partial charge in [-0.1, -0.05) is 27.7 Å². The molecule has 0 amide bonds. The smallest absolute Gasteiger partial charge is 0.0110 e. The van der Waals surface area contributed by atoms with Crippen molar-refractivity contribution in [1.29, 1.82) is 0 Å². The minimum absolute atomic E-state index is 0.807. The zero-order valence-electron chi connectivity index (χ0n) is 14.9. The summed E-state index contributed by atoms with van der Waals surface area (Å²) in [6, 6.07) is 0. The Morgan fingerprint density at radius 2 is 1.10 bits per heavy atom. The van der Waals surface area contributed by atoms with Crippen LogP contribution in [0.2, 0.25) is 0 Å². The maximum absolute atomic E-state index is 2.72. The quantitative estimate of drug-likeness (QED) is 0.746. The second kappa shape index (κ2) is 8.50. The van der Waals surface area contributed by atoms with Crippen molar-refractivity contribution in [2.24, 2.45) is 17.8 Å². The summed E-state index contributed by atoms with van der Waals surface area (Å²) in [5.74, 6) is 2.57. The molecule has 2 rings (SSSR count). The lowest BCUT2D eigenvalue weighted by Gasteiger charge is -2.39. The van der Waals surface area contributed by atoms with Crippen LogP contribution in [0.1, 0.15) is 40.5 Å². The molecule has 21 heavy (non-hydrogen) atoms. The van der Waals surface area contributed by atoms with Gasteiger partial charge < -0.3 is 14.7 Å². The molecule has 0 N–H and O–H groups in total. The van der Waals surface area contributed by atoms with Crippen molar-refractivity contribution in [3.8, 4) is 0 Å². The second-order valence-corrected chi connectivity index (χ2v) is 8.13.